The first-order chi connectivity index (χ1) is 9.99. The summed E-state index contributed by atoms with van der Waals surface area (Å²) >= 11 is 10.9. The van der Waals surface area contributed by atoms with Gasteiger partial charge in [0.25, 0.3) is 11.9 Å². The summed E-state index contributed by atoms with van der Waals surface area (Å²) in [4.78, 5) is 13.4. The third-order valence-electron chi connectivity index (χ3n) is 2.37. The van der Waals surface area contributed by atoms with E-state index in [0.29, 0.717) is 10.8 Å². The molecule has 21 heavy (non-hydrogen) atoms. The number of hydrogen-bond donors (Lipinski definition) is 2. The average Bonchev–Trinajstić information content (AvgIpc) is 2.83. The molecule has 0 bridgehead atoms. The van der Waals surface area contributed by atoms with Crippen molar-refractivity contribution in [2.75, 3.05) is 12.4 Å². The van der Waals surface area contributed by atoms with Crippen LogP contribution in [0.4, 0.5) is 5.95 Å². The number of anilines is 1. The number of aryl methyl sites for hydroxylation is 1. The van der Waals surface area contributed by atoms with Crippen LogP contribution in [0.25, 0.3) is 0 Å². The molecule has 0 saturated heterocycles. The van der Waals surface area contributed by atoms with Gasteiger partial charge in [-0.15, -0.1) is 5.10 Å². The Morgan fingerprint density at radius 1 is 1.48 bits per heavy atom. The highest BCUT2D eigenvalue weighted by Gasteiger charge is 2.15. The predicted octanol–water partition coefficient (Wildman–Crippen LogP) is 0.999. The first-order valence-electron chi connectivity index (χ1n) is 5.69. The van der Waals surface area contributed by atoms with Gasteiger partial charge in [0.2, 0.25) is 0 Å². The van der Waals surface area contributed by atoms with Gasteiger partial charge in [0.15, 0.2) is 5.11 Å². The maximum Gasteiger partial charge on any atom is 0.269 e. The van der Waals surface area contributed by atoms with Crippen molar-refractivity contribution in [1.29, 1.82) is 0 Å². The topological polar surface area (TPSA) is 94.0 Å². The van der Waals surface area contributed by atoms with Crippen molar-refractivity contribution in [3.63, 3.8) is 0 Å². The molecule has 2 rings (SSSR count). The number of tetrazole rings is 1. The fourth-order valence-corrected chi connectivity index (χ4v) is 1.85. The summed E-state index contributed by atoms with van der Waals surface area (Å²) in [6.07, 6.45) is 0. The summed E-state index contributed by atoms with van der Waals surface area (Å²) in [5, 5.41) is 16.8. The second kappa shape index (κ2) is 6.46. The number of methoxy groups -OCH3 is 1. The van der Waals surface area contributed by atoms with Gasteiger partial charge in [-0.3, -0.25) is 15.4 Å². The third-order valence-corrected chi connectivity index (χ3v) is 2.81. The second-order valence-corrected chi connectivity index (χ2v) is 4.70. The minimum Gasteiger partial charge on any atom is -0.496 e. The highest BCUT2D eigenvalue weighted by Crippen LogP contribution is 2.22. The minimum atomic E-state index is -0.462. The summed E-state index contributed by atoms with van der Waals surface area (Å²) in [6.45, 7) is 0. The van der Waals surface area contributed by atoms with E-state index in [-0.39, 0.29) is 16.6 Å². The number of amides is 1. The summed E-state index contributed by atoms with van der Waals surface area (Å²) in [7, 11) is 3.07. The van der Waals surface area contributed by atoms with E-state index in [4.69, 9.17) is 28.6 Å². The number of hydrogen-bond acceptors (Lipinski definition) is 6. The van der Waals surface area contributed by atoms with Gasteiger partial charge in [-0.05, 0) is 35.6 Å². The Bertz CT molecular complexity index is 689. The van der Waals surface area contributed by atoms with Gasteiger partial charge in [-0.1, -0.05) is 16.7 Å². The standard InChI is InChI=1S/C11H11ClN6O2S/c1-18-16-10(15-17-18)14-11(21)13-9(19)7-5-6(12)3-4-8(7)20-2/h3-5H,1-2H3,(H2,13,14,16,19,21). The van der Waals surface area contributed by atoms with Gasteiger partial charge in [-0.25, -0.2) is 0 Å². The molecule has 8 nitrogen and oxygen atoms in total. The van der Waals surface area contributed by atoms with Gasteiger partial charge in [0.05, 0.1) is 19.7 Å². The lowest BCUT2D eigenvalue weighted by atomic mass is 10.2. The SMILES string of the molecule is COc1ccc(Cl)cc1C(=O)NC(=S)Nc1nnn(C)n1. The zero-order valence-corrected chi connectivity index (χ0v) is 12.7. The number of nitrogens with zero attached hydrogens (tertiary/aromatic N) is 4. The number of ether oxygens (including phenoxy) is 1. The van der Waals surface area contributed by atoms with Crippen LogP contribution in [-0.2, 0) is 7.05 Å². The van der Waals surface area contributed by atoms with Gasteiger partial charge >= 0.3 is 0 Å². The van der Waals surface area contributed by atoms with Gasteiger partial charge < -0.3 is 4.74 Å². The molecule has 1 aromatic carbocycles. The van der Waals surface area contributed by atoms with E-state index in [1.807, 2.05) is 0 Å². The van der Waals surface area contributed by atoms with E-state index in [9.17, 15) is 4.79 Å². The van der Waals surface area contributed by atoms with Crippen LogP contribution < -0.4 is 15.4 Å². The molecule has 0 saturated carbocycles. The summed E-state index contributed by atoms with van der Waals surface area (Å²) in [6, 6.07) is 4.70. The summed E-state index contributed by atoms with van der Waals surface area (Å²) in [5.74, 6) is 0.105. The highest BCUT2D eigenvalue weighted by atomic mass is 35.5. The third kappa shape index (κ3) is 3.86. The zero-order chi connectivity index (χ0) is 15.4. The Morgan fingerprint density at radius 3 is 2.86 bits per heavy atom. The lowest BCUT2D eigenvalue weighted by Gasteiger charge is -2.10. The number of thiocarbonyl (C=S) groups is 1. The van der Waals surface area contributed by atoms with Crippen LogP contribution >= 0.6 is 23.8 Å². The number of aromatic nitrogens is 4. The molecule has 0 aliphatic rings. The molecule has 0 spiro atoms. The molecule has 0 radical (unpaired) electrons. The van der Waals surface area contributed by atoms with E-state index in [2.05, 4.69) is 26.0 Å². The Kier molecular flexibility index (Phi) is 4.66. The lowest BCUT2D eigenvalue weighted by molar-refractivity contribution is 0.0975. The molecule has 1 aromatic heterocycles. The predicted molar refractivity (Wildman–Crippen MR) is 80.5 cm³/mol. The fourth-order valence-electron chi connectivity index (χ4n) is 1.50. The second-order valence-electron chi connectivity index (χ2n) is 3.86. The quantitative estimate of drug-likeness (QED) is 0.812. The van der Waals surface area contributed by atoms with Crippen LogP contribution in [-0.4, -0.2) is 38.3 Å². The molecule has 2 N–H and O–H groups in total. The first kappa shape index (κ1) is 15.1. The normalized spacial score (nSPS) is 10.0. The first-order valence-corrected chi connectivity index (χ1v) is 6.48. The Labute approximate surface area is 130 Å². The highest BCUT2D eigenvalue weighted by molar-refractivity contribution is 7.80. The molecule has 0 aliphatic carbocycles. The molecule has 0 atom stereocenters. The summed E-state index contributed by atoms with van der Waals surface area (Å²) < 4.78 is 5.10. The average molecular weight is 327 g/mol. The summed E-state index contributed by atoms with van der Waals surface area (Å²) in [5.41, 5.74) is 0.265. The van der Waals surface area contributed by atoms with E-state index >= 15 is 0 Å². The Morgan fingerprint density at radius 2 is 2.24 bits per heavy atom. The van der Waals surface area contributed by atoms with E-state index < -0.39 is 5.91 Å². The van der Waals surface area contributed by atoms with Crippen LogP contribution in [0, 0.1) is 0 Å². The monoisotopic (exact) mass is 326 g/mol. The van der Waals surface area contributed by atoms with Crippen molar-refractivity contribution in [2.24, 2.45) is 7.05 Å². The van der Waals surface area contributed by atoms with E-state index in [0.717, 1.165) is 0 Å². The molecule has 1 amide bonds. The molecule has 10 heteroatoms. The van der Waals surface area contributed by atoms with Crippen LogP contribution in [0.15, 0.2) is 18.2 Å². The number of rotatable bonds is 3. The van der Waals surface area contributed by atoms with Crippen molar-refractivity contribution < 1.29 is 9.53 Å². The largest absolute Gasteiger partial charge is 0.496 e. The van der Waals surface area contributed by atoms with Crippen molar-refractivity contribution >= 4 is 40.8 Å². The van der Waals surface area contributed by atoms with Gasteiger partial charge in [-0.2, -0.15) is 4.80 Å². The minimum absolute atomic E-state index is 0.0371. The maximum absolute atomic E-state index is 12.1. The number of carbonyl (C=O) groups is 1. The molecule has 2 aromatic rings. The number of benzene rings is 1. The van der Waals surface area contributed by atoms with Crippen LogP contribution in [0.2, 0.25) is 5.02 Å². The van der Waals surface area contributed by atoms with Crippen molar-refractivity contribution in [3.8, 4) is 5.75 Å². The fraction of sp³-hybridized carbons (Fsp3) is 0.182. The van der Waals surface area contributed by atoms with Crippen molar-refractivity contribution in [1.82, 2.24) is 25.5 Å². The molecule has 0 fully saturated rings. The van der Waals surface area contributed by atoms with Crippen LogP contribution in [0.3, 0.4) is 0 Å². The number of carbonyl (C=O) groups excluding carboxylic acids is 1. The van der Waals surface area contributed by atoms with Crippen LogP contribution in [0.1, 0.15) is 10.4 Å². The Hall–Kier alpha value is -2.26. The smallest absolute Gasteiger partial charge is 0.269 e. The molecular weight excluding hydrogens is 316 g/mol. The Balaban J connectivity index is 2.07. The molecule has 0 aliphatic heterocycles. The number of halogens is 1. The van der Waals surface area contributed by atoms with Crippen LogP contribution in [0.5, 0.6) is 5.75 Å². The molecule has 1 heterocycles. The van der Waals surface area contributed by atoms with E-state index in [1.165, 1.54) is 18.0 Å². The van der Waals surface area contributed by atoms with Crippen molar-refractivity contribution in [2.45, 2.75) is 0 Å². The van der Waals surface area contributed by atoms with Crippen molar-refractivity contribution in [3.05, 3.63) is 28.8 Å². The molecule has 110 valence electrons. The number of nitrogens with one attached hydrogen (secondary N) is 2. The van der Waals surface area contributed by atoms with E-state index in [1.54, 1.807) is 19.2 Å². The van der Waals surface area contributed by atoms with Gasteiger partial charge in [0, 0.05) is 5.02 Å². The molecule has 0 unspecified atom stereocenters. The lowest BCUT2D eigenvalue weighted by Crippen LogP contribution is -2.34. The zero-order valence-electron chi connectivity index (χ0n) is 11.1. The molecular formula is C11H11ClN6O2S. The maximum atomic E-state index is 12.1. The van der Waals surface area contributed by atoms with Gasteiger partial charge in [0.1, 0.15) is 5.75 Å².